The van der Waals surface area contributed by atoms with Crippen LogP contribution in [0.3, 0.4) is 0 Å². The lowest BCUT2D eigenvalue weighted by molar-refractivity contribution is 0.794. The van der Waals surface area contributed by atoms with E-state index < -0.39 is 5.41 Å². The molecule has 0 atom stereocenters. The van der Waals surface area contributed by atoms with Crippen LogP contribution >= 0.6 is 0 Å². The van der Waals surface area contributed by atoms with Crippen molar-refractivity contribution in [3.63, 3.8) is 0 Å². The van der Waals surface area contributed by atoms with E-state index in [1.165, 1.54) is 55.4 Å². The Morgan fingerprint density at radius 1 is 0.357 bits per heavy atom. The van der Waals surface area contributed by atoms with Crippen molar-refractivity contribution in [2.24, 2.45) is 0 Å². The summed E-state index contributed by atoms with van der Waals surface area (Å²) in [7, 11) is 0. The van der Waals surface area contributed by atoms with Gasteiger partial charge in [0.2, 0.25) is 0 Å². The van der Waals surface area contributed by atoms with Crippen LogP contribution in [0.4, 0.5) is 0 Å². The second-order valence-corrected chi connectivity index (χ2v) is 14.7. The number of fused-ring (bicyclic) bond motifs is 14. The molecule has 0 unspecified atom stereocenters. The van der Waals surface area contributed by atoms with Crippen LogP contribution in [0.15, 0.2) is 194 Å². The van der Waals surface area contributed by atoms with Crippen LogP contribution in [0.25, 0.3) is 83.9 Å². The molecule has 8 aromatic carbocycles. The molecule has 260 valence electrons. The molecular weight excluding hydrogens is 681 g/mol. The Labute approximate surface area is 324 Å². The van der Waals surface area contributed by atoms with Crippen molar-refractivity contribution in [1.82, 2.24) is 19.5 Å². The fourth-order valence-corrected chi connectivity index (χ4v) is 9.60. The van der Waals surface area contributed by atoms with Gasteiger partial charge in [-0.3, -0.25) is 0 Å². The molecule has 0 bridgehead atoms. The van der Waals surface area contributed by atoms with Gasteiger partial charge in [0.15, 0.2) is 17.5 Å². The van der Waals surface area contributed by atoms with E-state index in [9.17, 15) is 0 Å². The molecule has 0 N–H and O–H groups in total. The lowest BCUT2D eigenvalue weighted by Crippen LogP contribution is -2.25. The van der Waals surface area contributed by atoms with Crippen LogP contribution in [0.5, 0.6) is 0 Å². The van der Waals surface area contributed by atoms with E-state index in [0.29, 0.717) is 17.5 Å². The van der Waals surface area contributed by atoms with Crippen LogP contribution in [0, 0.1) is 0 Å². The SMILES string of the molecule is c1ccc(-c2nc(-c3ccccc3)nc(-c3ccc4c(c3)c3ccc5c(c3n4-c3ccccc3)-c3ccccc3C53c4ccccc4-c4ccccc43)n2)cc1. The third-order valence-electron chi connectivity index (χ3n) is 11.9. The summed E-state index contributed by atoms with van der Waals surface area (Å²) < 4.78 is 2.47. The van der Waals surface area contributed by atoms with Gasteiger partial charge in [-0.1, -0.05) is 164 Å². The Morgan fingerprint density at radius 2 is 0.839 bits per heavy atom. The van der Waals surface area contributed by atoms with Crippen molar-refractivity contribution in [2.75, 3.05) is 0 Å². The van der Waals surface area contributed by atoms with Crippen molar-refractivity contribution >= 4 is 21.8 Å². The molecule has 2 aliphatic rings. The molecule has 0 radical (unpaired) electrons. The van der Waals surface area contributed by atoms with Gasteiger partial charge >= 0.3 is 0 Å². The first kappa shape index (κ1) is 31.0. The van der Waals surface area contributed by atoms with E-state index in [2.05, 4.69) is 162 Å². The summed E-state index contributed by atoms with van der Waals surface area (Å²) in [5.74, 6) is 1.95. The Balaban J connectivity index is 1.17. The molecule has 12 rings (SSSR count). The van der Waals surface area contributed by atoms with E-state index in [0.717, 1.165) is 33.3 Å². The van der Waals surface area contributed by atoms with Crippen LogP contribution in [0.1, 0.15) is 22.3 Å². The van der Waals surface area contributed by atoms with Crippen LogP contribution in [0.2, 0.25) is 0 Å². The first-order valence-corrected chi connectivity index (χ1v) is 19.1. The average molecular weight is 713 g/mol. The molecule has 4 heteroatoms. The van der Waals surface area contributed by atoms with Gasteiger partial charge in [-0.05, 0) is 69.3 Å². The topological polar surface area (TPSA) is 43.6 Å². The zero-order chi connectivity index (χ0) is 36.8. The van der Waals surface area contributed by atoms with Gasteiger partial charge in [-0.2, -0.15) is 0 Å². The molecule has 0 fully saturated rings. The zero-order valence-corrected chi connectivity index (χ0v) is 30.3. The van der Waals surface area contributed by atoms with Crippen molar-refractivity contribution in [3.05, 3.63) is 216 Å². The van der Waals surface area contributed by atoms with E-state index in [-0.39, 0.29) is 0 Å². The summed E-state index contributed by atoms with van der Waals surface area (Å²) in [4.78, 5) is 15.2. The van der Waals surface area contributed by atoms with Gasteiger partial charge in [0.05, 0.1) is 16.4 Å². The molecule has 2 heterocycles. The quantitative estimate of drug-likeness (QED) is 0.182. The minimum atomic E-state index is -0.428. The average Bonchev–Trinajstić information content (AvgIpc) is 3.89. The number of para-hydroxylation sites is 1. The highest BCUT2D eigenvalue weighted by Gasteiger charge is 2.52. The maximum Gasteiger partial charge on any atom is 0.164 e. The number of hydrogen-bond acceptors (Lipinski definition) is 3. The van der Waals surface area contributed by atoms with Gasteiger partial charge in [0, 0.05) is 38.7 Å². The summed E-state index contributed by atoms with van der Waals surface area (Å²) >= 11 is 0. The standard InChI is InChI=1S/C52H32N4/c1-4-16-33(17-5-1)49-53-50(34-18-6-2-7-19-34)55-51(54-49)35-28-31-46-41(32-35)39-29-30-45-47(48(39)56(46)36-20-8-3-9-21-36)40-24-12-15-27-44(40)52(45)42-25-13-10-22-37(42)38-23-11-14-26-43(38)52/h1-32H. The molecule has 2 aromatic heterocycles. The number of rotatable bonds is 4. The highest BCUT2D eigenvalue weighted by molar-refractivity contribution is 6.17. The van der Waals surface area contributed by atoms with Crippen molar-refractivity contribution in [2.45, 2.75) is 5.41 Å². The second kappa shape index (κ2) is 11.8. The van der Waals surface area contributed by atoms with Crippen LogP contribution in [-0.2, 0) is 5.41 Å². The summed E-state index contributed by atoms with van der Waals surface area (Å²) in [6.45, 7) is 0. The minimum Gasteiger partial charge on any atom is -0.309 e. The Kier molecular flexibility index (Phi) is 6.52. The van der Waals surface area contributed by atoms with Crippen LogP contribution < -0.4 is 0 Å². The van der Waals surface area contributed by atoms with Gasteiger partial charge in [-0.15, -0.1) is 0 Å². The van der Waals surface area contributed by atoms with Gasteiger partial charge < -0.3 is 4.57 Å². The molecule has 0 saturated carbocycles. The Morgan fingerprint density at radius 3 is 1.43 bits per heavy atom. The van der Waals surface area contributed by atoms with Crippen molar-refractivity contribution in [3.8, 4) is 62.1 Å². The summed E-state index contributed by atoms with van der Waals surface area (Å²) in [6, 6.07) is 69.6. The molecule has 4 nitrogen and oxygen atoms in total. The Bertz CT molecular complexity index is 3080. The maximum absolute atomic E-state index is 5.10. The highest BCUT2D eigenvalue weighted by atomic mass is 15.0. The third-order valence-corrected chi connectivity index (χ3v) is 11.9. The highest BCUT2D eigenvalue weighted by Crippen LogP contribution is 2.64. The van der Waals surface area contributed by atoms with E-state index in [1.807, 2.05) is 36.4 Å². The largest absolute Gasteiger partial charge is 0.309 e. The minimum absolute atomic E-state index is 0.428. The monoisotopic (exact) mass is 712 g/mol. The maximum atomic E-state index is 5.10. The molecular formula is C52H32N4. The Hall–Kier alpha value is -7.43. The summed E-state index contributed by atoms with van der Waals surface area (Å²) in [5, 5.41) is 2.34. The molecule has 10 aromatic rings. The summed E-state index contributed by atoms with van der Waals surface area (Å²) in [6.07, 6.45) is 0. The fourth-order valence-electron chi connectivity index (χ4n) is 9.60. The molecule has 2 aliphatic carbocycles. The lowest BCUT2D eigenvalue weighted by atomic mass is 9.70. The summed E-state index contributed by atoms with van der Waals surface area (Å²) in [5.41, 5.74) is 16.4. The number of hydrogen-bond donors (Lipinski definition) is 0. The number of benzene rings is 8. The van der Waals surface area contributed by atoms with Gasteiger partial charge in [0.1, 0.15) is 0 Å². The predicted octanol–water partition coefficient (Wildman–Crippen LogP) is 12.3. The predicted molar refractivity (Wildman–Crippen MR) is 227 cm³/mol. The molecule has 1 spiro atoms. The van der Waals surface area contributed by atoms with Crippen molar-refractivity contribution in [1.29, 1.82) is 0 Å². The van der Waals surface area contributed by atoms with Crippen LogP contribution in [-0.4, -0.2) is 19.5 Å². The van der Waals surface area contributed by atoms with E-state index in [4.69, 9.17) is 15.0 Å². The molecule has 56 heavy (non-hydrogen) atoms. The molecule has 0 amide bonds. The first-order chi connectivity index (χ1) is 27.8. The van der Waals surface area contributed by atoms with E-state index in [1.54, 1.807) is 0 Å². The second-order valence-electron chi connectivity index (χ2n) is 14.7. The normalized spacial score (nSPS) is 13.1. The first-order valence-electron chi connectivity index (χ1n) is 19.1. The van der Waals surface area contributed by atoms with Gasteiger partial charge in [-0.25, -0.2) is 15.0 Å². The van der Waals surface area contributed by atoms with Crippen molar-refractivity contribution < 1.29 is 0 Å². The van der Waals surface area contributed by atoms with E-state index >= 15 is 0 Å². The fraction of sp³-hybridized carbons (Fsp3) is 0.0192. The number of aromatic nitrogens is 4. The zero-order valence-electron chi connectivity index (χ0n) is 30.3. The third kappa shape index (κ3) is 4.21. The molecule has 0 saturated heterocycles. The lowest BCUT2D eigenvalue weighted by Gasteiger charge is -2.30. The molecule has 0 aliphatic heterocycles. The number of nitrogens with zero attached hydrogens (tertiary/aromatic N) is 4. The smallest absolute Gasteiger partial charge is 0.164 e. The van der Waals surface area contributed by atoms with Gasteiger partial charge in [0.25, 0.3) is 0 Å².